The molecule has 3 rings (SSSR count). The van der Waals surface area contributed by atoms with Crippen molar-refractivity contribution in [3.05, 3.63) is 72.2 Å². The molecule has 0 radical (unpaired) electrons. The van der Waals surface area contributed by atoms with Crippen LogP contribution in [0.3, 0.4) is 0 Å². The summed E-state index contributed by atoms with van der Waals surface area (Å²) in [4.78, 5) is 0. The fourth-order valence-electron chi connectivity index (χ4n) is 2.28. The molecule has 18 heavy (non-hydrogen) atoms. The number of benzene rings is 2. The van der Waals surface area contributed by atoms with E-state index in [-0.39, 0.29) is 5.82 Å². The summed E-state index contributed by atoms with van der Waals surface area (Å²) in [5.74, 6) is -0.147. The Morgan fingerprint density at radius 2 is 1.72 bits per heavy atom. The maximum absolute atomic E-state index is 13.5. The number of hydrogen-bond donors (Lipinski definition) is 0. The Kier molecular flexibility index (Phi) is 2.85. The highest BCUT2D eigenvalue weighted by atomic mass is 19.1. The number of aromatic nitrogens is 1. The lowest BCUT2D eigenvalue weighted by Crippen LogP contribution is -1.99. The first kappa shape index (κ1) is 11.0. The van der Waals surface area contributed by atoms with Crippen molar-refractivity contribution in [2.75, 3.05) is 0 Å². The second-order valence-corrected chi connectivity index (χ2v) is 4.42. The van der Waals surface area contributed by atoms with Crippen LogP contribution < -0.4 is 0 Å². The van der Waals surface area contributed by atoms with Gasteiger partial charge in [-0.15, -0.1) is 0 Å². The molecule has 0 amide bonds. The molecule has 0 fully saturated rings. The van der Waals surface area contributed by atoms with Crippen LogP contribution in [-0.4, -0.2) is 4.57 Å². The van der Waals surface area contributed by atoms with Crippen molar-refractivity contribution in [3.63, 3.8) is 0 Å². The van der Waals surface area contributed by atoms with Gasteiger partial charge in [0.2, 0.25) is 0 Å². The second-order valence-electron chi connectivity index (χ2n) is 4.42. The summed E-state index contributed by atoms with van der Waals surface area (Å²) in [6, 6.07) is 17.4. The topological polar surface area (TPSA) is 4.93 Å². The van der Waals surface area contributed by atoms with Crippen LogP contribution in [0.2, 0.25) is 0 Å². The van der Waals surface area contributed by atoms with Crippen molar-refractivity contribution in [2.45, 2.75) is 13.0 Å². The molecule has 0 bridgehead atoms. The van der Waals surface area contributed by atoms with E-state index < -0.39 is 0 Å². The Balaban J connectivity index is 1.85. The Bertz CT molecular complexity index is 655. The summed E-state index contributed by atoms with van der Waals surface area (Å²) in [7, 11) is 0. The van der Waals surface area contributed by atoms with Crippen LogP contribution >= 0.6 is 0 Å². The molecule has 0 spiro atoms. The highest BCUT2D eigenvalue weighted by molar-refractivity contribution is 5.80. The Hall–Kier alpha value is -2.09. The van der Waals surface area contributed by atoms with E-state index >= 15 is 0 Å². The number of aryl methyl sites for hydroxylation is 2. The fraction of sp³-hybridized carbons (Fsp3) is 0.125. The zero-order valence-electron chi connectivity index (χ0n) is 10.0. The third kappa shape index (κ3) is 2.02. The van der Waals surface area contributed by atoms with Gasteiger partial charge in [0, 0.05) is 18.1 Å². The van der Waals surface area contributed by atoms with Gasteiger partial charge in [0.15, 0.2) is 0 Å². The third-order valence-corrected chi connectivity index (χ3v) is 3.24. The number of halogens is 1. The minimum absolute atomic E-state index is 0.147. The van der Waals surface area contributed by atoms with Gasteiger partial charge < -0.3 is 4.57 Å². The number of hydrogen-bond acceptors (Lipinski definition) is 0. The summed E-state index contributed by atoms with van der Waals surface area (Å²) in [5.41, 5.74) is 2.27. The normalized spacial score (nSPS) is 10.9. The largest absolute Gasteiger partial charge is 0.347 e. The van der Waals surface area contributed by atoms with Gasteiger partial charge in [0.25, 0.3) is 0 Å². The minimum atomic E-state index is -0.147. The molecule has 0 aliphatic heterocycles. The van der Waals surface area contributed by atoms with Crippen LogP contribution in [0.5, 0.6) is 0 Å². The molecule has 1 heterocycles. The molecule has 2 aromatic carbocycles. The van der Waals surface area contributed by atoms with Gasteiger partial charge in [-0.2, -0.15) is 0 Å². The van der Waals surface area contributed by atoms with E-state index in [1.807, 2.05) is 36.5 Å². The van der Waals surface area contributed by atoms with Gasteiger partial charge in [0.05, 0.1) is 5.52 Å². The molecular formula is C16H14FN. The van der Waals surface area contributed by atoms with Gasteiger partial charge in [-0.3, -0.25) is 0 Å². The number of rotatable bonds is 3. The first-order valence-electron chi connectivity index (χ1n) is 6.12. The summed E-state index contributed by atoms with van der Waals surface area (Å²) in [6.45, 7) is 0.872. The molecule has 1 nitrogen and oxygen atoms in total. The predicted molar refractivity (Wildman–Crippen MR) is 72.0 cm³/mol. The molecule has 0 N–H and O–H groups in total. The molecule has 2 heteroatoms. The van der Waals surface area contributed by atoms with E-state index in [9.17, 15) is 4.39 Å². The van der Waals surface area contributed by atoms with E-state index in [0.29, 0.717) is 5.39 Å². The van der Waals surface area contributed by atoms with Crippen LogP contribution in [0.4, 0.5) is 4.39 Å². The van der Waals surface area contributed by atoms with Gasteiger partial charge in [-0.25, -0.2) is 4.39 Å². The lowest BCUT2D eigenvalue weighted by molar-refractivity contribution is 0.639. The molecule has 3 aromatic rings. The van der Waals surface area contributed by atoms with E-state index in [1.54, 1.807) is 6.07 Å². The van der Waals surface area contributed by atoms with Gasteiger partial charge >= 0.3 is 0 Å². The standard InChI is InChI=1S/C16H14FN/c17-15-7-4-8-16-14(15)10-12-18(16)11-9-13-5-2-1-3-6-13/h1-8,10,12H,9,11H2. The predicted octanol–water partition coefficient (Wildman–Crippen LogP) is 4.02. The molecule has 0 saturated heterocycles. The Labute approximate surface area is 105 Å². The SMILES string of the molecule is Fc1cccc2c1ccn2CCc1ccccc1. The van der Waals surface area contributed by atoms with Crippen LogP contribution in [0, 0.1) is 5.82 Å². The monoisotopic (exact) mass is 239 g/mol. The lowest BCUT2D eigenvalue weighted by atomic mass is 10.1. The maximum atomic E-state index is 13.5. The molecule has 0 aliphatic rings. The van der Waals surface area contributed by atoms with Gasteiger partial charge in [-0.05, 0) is 30.2 Å². The molecule has 0 saturated carbocycles. The fourth-order valence-corrected chi connectivity index (χ4v) is 2.28. The van der Waals surface area contributed by atoms with Crippen molar-refractivity contribution in [2.24, 2.45) is 0 Å². The van der Waals surface area contributed by atoms with E-state index in [2.05, 4.69) is 16.7 Å². The Morgan fingerprint density at radius 3 is 2.56 bits per heavy atom. The number of nitrogens with zero attached hydrogens (tertiary/aromatic N) is 1. The van der Waals surface area contributed by atoms with Crippen LogP contribution in [0.25, 0.3) is 10.9 Å². The first-order chi connectivity index (χ1) is 8.84. The van der Waals surface area contributed by atoms with Crippen LogP contribution in [-0.2, 0) is 13.0 Å². The average molecular weight is 239 g/mol. The molecule has 0 unspecified atom stereocenters. The van der Waals surface area contributed by atoms with Crippen molar-refractivity contribution in [1.82, 2.24) is 4.57 Å². The van der Waals surface area contributed by atoms with Crippen LogP contribution in [0.15, 0.2) is 60.8 Å². The smallest absolute Gasteiger partial charge is 0.132 e. The zero-order valence-corrected chi connectivity index (χ0v) is 10.0. The summed E-state index contributed by atoms with van der Waals surface area (Å²) >= 11 is 0. The summed E-state index contributed by atoms with van der Waals surface area (Å²) in [6.07, 6.45) is 2.91. The summed E-state index contributed by atoms with van der Waals surface area (Å²) in [5, 5.41) is 0.700. The zero-order chi connectivity index (χ0) is 12.4. The highest BCUT2D eigenvalue weighted by Crippen LogP contribution is 2.19. The first-order valence-corrected chi connectivity index (χ1v) is 6.12. The van der Waals surface area contributed by atoms with Crippen molar-refractivity contribution >= 4 is 10.9 Å². The van der Waals surface area contributed by atoms with Crippen molar-refractivity contribution in [1.29, 1.82) is 0 Å². The van der Waals surface area contributed by atoms with Gasteiger partial charge in [-0.1, -0.05) is 36.4 Å². The average Bonchev–Trinajstić information content (AvgIpc) is 2.82. The Morgan fingerprint density at radius 1 is 0.889 bits per heavy atom. The maximum Gasteiger partial charge on any atom is 0.132 e. The molecule has 90 valence electrons. The minimum Gasteiger partial charge on any atom is -0.347 e. The molecule has 0 atom stereocenters. The highest BCUT2D eigenvalue weighted by Gasteiger charge is 2.04. The number of fused-ring (bicyclic) bond motifs is 1. The van der Waals surface area contributed by atoms with Crippen molar-refractivity contribution in [3.8, 4) is 0 Å². The van der Waals surface area contributed by atoms with E-state index in [1.165, 1.54) is 11.6 Å². The van der Waals surface area contributed by atoms with Gasteiger partial charge in [0.1, 0.15) is 5.82 Å². The molecular weight excluding hydrogens is 225 g/mol. The van der Waals surface area contributed by atoms with Crippen molar-refractivity contribution < 1.29 is 4.39 Å². The molecule has 0 aliphatic carbocycles. The summed E-state index contributed by atoms with van der Waals surface area (Å²) < 4.78 is 15.7. The third-order valence-electron chi connectivity index (χ3n) is 3.24. The quantitative estimate of drug-likeness (QED) is 0.650. The van der Waals surface area contributed by atoms with E-state index in [0.717, 1.165) is 18.5 Å². The van der Waals surface area contributed by atoms with Crippen LogP contribution in [0.1, 0.15) is 5.56 Å². The van der Waals surface area contributed by atoms with E-state index in [4.69, 9.17) is 0 Å². The molecule has 1 aromatic heterocycles. The lowest BCUT2D eigenvalue weighted by Gasteiger charge is -2.05. The second kappa shape index (κ2) is 4.65.